The number of fused-ring (bicyclic) bond motifs is 7. The van der Waals surface area contributed by atoms with Crippen molar-refractivity contribution in [3.8, 4) is 0 Å². The van der Waals surface area contributed by atoms with Gasteiger partial charge in [-0.25, -0.2) is 0 Å². The van der Waals surface area contributed by atoms with Gasteiger partial charge in [0.2, 0.25) is 6.29 Å². The Morgan fingerprint density at radius 2 is 0.942 bits per heavy atom. The third kappa shape index (κ3) is 14.4. The zero-order valence-electron chi connectivity index (χ0n) is 59.5. The van der Waals surface area contributed by atoms with E-state index >= 15 is 4.79 Å². The Hall–Kier alpha value is -1.81. The molecule has 19 N–H and O–H groups in total. The minimum Gasteiger partial charge on any atom is -0.432 e. The molecule has 5 saturated carbocycles. The number of rotatable bonds is 17. The van der Waals surface area contributed by atoms with Gasteiger partial charge in [-0.3, -0.25) is 4.79 Å². The molecule has 7 aliphatic heterocycles. The molecule has 0 radical (unpaired) electrons. The predicted molar refractivity (Wildman–Crippen MR) is 341 cm³/mol. The number of esters is 1. The van der Waals surface area contributed by atoms with Crippen LogP contribution in [0.2, 0.25) is 0 Å². The molecule has 12 fully saturated rings. The lowest BCUT2D eigenvalue weighted by atomic mass is 9.31. The van der Waals surface area contributed by atoms with Gasteiger partial charge in [0.15, 0.2) is 37.7 Å². The van der Waals surface area contributed by atoms with Crippen LogP contribution >= 0.6 is 0 Å². The number of aliphatic hydroxyl groups is 19. The highest BCUT2D eigenvalue weighted by Gasteiger charge is 2.72. The van der Waals surface area contributed by atoms with E-state index in [0.717, 1.165) is 25.7 Å². The van der Waals surface area contributed by atoms with Gasteiger partial charge in [-0.2, -0.15) is 0 Å². The first-order valence-electron chi connectivity index (χ1n) is 36.7. The standard InChI is InChI=1S/C69H114O34/c1-26-38(74)54(101-57-47(83)39(75)29(72)22-90-57)52(88)61(94-26)102-55-53(100-58-48(84)43(79)34(25-93-58)97-59-50(86)45(81)41(77)32(21-71)96-59)30(73)23-91-62(55)99-37-12-13-66(6)35(65(37,4)5)11-14-68(8)36(66)10-9-27-28-19-64(2,3)15-17-69(28,18-16-67(27,68)7)63(89)103-60-51(87)46(82)42(78)33(98-60)24-92-56-49(85)44(80)40(76)31(20-70)95-56/h26-62,70-88H,9-25H2,1-8H3/t26-,27+,28-,29+,30-,31+,32+,33+,34+,35-,36+,37-,38-,39-,40+,41+,42+,43-,44-,45-,46-,47+,48+,49+,50+,51+,52+,53-,54+,55+,56+,57-,58-,59-,60-,61-,62-,66-,67+,68+,69-/m0/s1. The monoisotopic (exact) mass is 1490 g/mol. The lowest BCUT2D eigenvalue weighted by Crippen LogP contribution is -2.68. The summed E-state index contributed by atoms with van der Waals surface area (Å²) in [6.45, 7) is 13.8. The smallest absolute Gasteiger partial charge is 0.314 e. The Kier molecular flexibility index (Phi) is 24.1. The van der Waals surface area contributed by atoms with Crippen molar-refractivity contribution in [1.29, 1.82) is 0 Å². The molecule has 12 rings (SSSR count). The quantitative estimate of drug-likeness (QED) is 0.0477. The number of hydrogen-bond acceptors (Lipinski definition) is 34. The molecular weight excluding hydrogens is 1370 g/mol. The molecule has 34 heteroatoms. The van der Waals surface area contributed by atoms with E-state index in [4.69, 9.17) is 66.3 Å². The van der Waals surface area contributed by atoms with Crippen molar-refractivity contribution in [3.05, 3.63) is 0 Å². The van der Waals surface area contributed by atoms with E-state index in [2.05, 4.69) is 48.5 Å². The summed E-state index contributed by atoms with van der Waals surface area (Å²) in [6, 6.07) is 0. The summed E-state index contributed by atoms with van der Waals surface area (Å²) < 4.78 is 84.6. The van der Waals surface area contributed by atoms with Crippen LogP contribution in [0.3, 0.4) is 0 Å². The first kappa shape index (κ1) is 80.7. The van der Waals surface area contributed by atoms with Crippen molar-refractivity contribution in [2.24, 2.45) is 56.2 Å². The summed E-state index contributed by atoms with van der Waals surface area (Å²) in [7, 11) is 0. The van der Waals surface area contributed by atoms with Crippen LogP contribution in [0.1, 0.15) is 126 Å². The molecule has 0 aromatic heterocycles. The number of carbonyl (C=O) groups excluding carboxylic acids is 1. The fraction of sp³-hybridized carbons (Fsp3) is 0.986. The number of aliphatic hydroxyl groups excluding tert-OH is 19. The highest BCUT2D eigenvalue weighted by Crippen LogP contribution is 2.77. The van der Waals surface area contributed by atoms with E-state index in [1.165, 1.54) is 6.92 Å². The minimum atomic E-state index is -1.98. The Morgan fingerprint density at radius 3 is 1.60 bits per heavy atom. The Balaban J connectivity index is 0.762. The van der Waals surface area contributed by atoms with E-state index < -0.39 is 259 Å². The molecule has 5 aliphatic carbocycles. The highest BCUT2D eigenvalue weighted by atomic mass is 16.8. The SMILES string of the molecule is C[C@@H]1O[C@@H](O[C@H]2[C@H](O[C@H]3CC[C@]4(C)[C@H]5CC[C@@H]6[C@@H]7CC(C)(C)CC[C@]7(C(=O)O[C@@H]7O[C@H](CO[C@@H]8O[C@H](CO)[C@@H](O)[C@H](O)[C@H]8O)[C@@H](O)[C@H](O)[C@H]7O)CC[C@@]6(C)[C@]5(C)CC[C@H]4C3(C)C)OC[C@H](O)[C@@H]2O[C@@H]2OC[C@@H](O[C@@H]3O[C@H](CO)[C@@H](O)[C@H](O)[C@H]3O)[C@H](O)[C@H]2O)[C@H](O)[C@H](O[C@@H]2OC[C@@H](O)[C@H](O)[C@H]2O)[C@H]1O. The molecule has 41 atom stereocenters. The Morgan fingerprint density at radius 1 is 0.408 bits per heavy atom. The van der Waals surface area contributed by atoms with E-state index in [9.17, 15) is 97.0 Å². The van der Waals surface area contributed by atoms with Gasteiger partial charge in [-0.05, 0) is 128 Å². The van der Waals surface area contributed by atoms with Gasteiger partial charge in [-0.1, -0.05) is 48.5 Å². The van der Waals surface area contributed by atoms with Crippen molar-refractivity contribution in [2.75, 3.05) is 39.6 Å². The molecule has 0 aromatic carbocycles. The summed E-state index contributed by atoms with van der Waals surface area (Å²) in [5, 5.41) is 206. The number of ether oxygens (including phenoxy) is 14. The van der Waals surface area contributed by atoms with Crippen LogP contribution in [-0.4, -0.2) is 345 Å². The Labute approximate surface area is 596 Å². The molecule has 0 unspecified atom stereocenters. The maximum absolute atomic E-state index is 15.3. The Bertz CT molecular complexity index is 2850. The van der Waals surface area contributed by atoms with Crippen molar-refractivity contribution < 1.29 is 168 Å². The maximum atomic E-state index is 15.3. The minimum absolute atomic E-state index is 0.0252. The van der Waals surface area contributed by atoms with E-state index in [0.29, 0.717) is 44.9 Å². The van der Waals surface area contributed by atoms with Gasteiger partial charge in [-0.15, -0.1) is 0 Å². The number of hydrogen-bond donors (Lipinski definition) is 19. The van der Waals surface area contributed by atoms with E-state index in [-0.39, 0.29) is 45.3 Å². The summed E-state index contributed by atoms with van der Waals surface area (Å²) in [5.41, 5.74) is -2.65. The predicted octanol–water partition coefficient (Wildman–Crippen LogP) is -5.54. The fourth-order valence-electron chi connectivity index (χ4n) is 20.7. The lowest BCUT2D eigenvalue weighted by Gasteiger charge is -2.73. The van der Waals surface area contributed by atoms with Gasteiger partial charge < -0.3 is 163 Å². The second-order valence-corrected chi connectivity index (χ2v) is 33.8. The van der Waals surface area contributed by atoms with Crippen LogP contribution in [0.4, 0.5) is 0 Å². The average Bonchev–Trinajstić information content (AvgIpc) is 0.675. The van der Waals surface area contributed by atoms with Crippen LogP contribution in [0, 0.1) is 56.2 Å². The van der Waals surface area contributed by atoms with Gasteiger partial charge >= 0.3 is 5.97 Å². The molecule has 0 amide bonds. The maximum Gasteiger partial charge on any atom is 0.314 e. The average molecular weight is 1490 g/mol. The second-order valence-electron chi connectivity index (χ2n) is 33.8. The van der Waals surface area contributed by atoms with Crippen LogP contribution in [0.15, 0.2) is 0 Å². The van der Waals surface area contributed by atoms with Crippen molar-refractivity contribution in [2.45, 2.75) is 329 Å². The largest absolute Gasteiger partial charge is 0.432 e. The molecule has 7 saturated heterocycles. The van der Waals surface area contributed by atoms with Gasteiger partial charge in [0.25, 0.3) is 0 Å². The van der Waals surface area contributed by atoms with E-state index in [1.54, 1.807) is 0 Å². The molecule has 0 aromatic rings. The molecular formula is C69H114O34. The van der Waals surface area contributed by atoms with Gasteiger partial charge in [0, 0.05) is 0 Å². The first-order chi connectivity index (χ1) is 48.4. The van der Waals surface area contributed by atoms with Crippen LogP contribution in [0.5, 0.6) is 0 Å². The molecule has 103 heavy (non-hydrogen) atoms. The zero-order chi connectivity index (χ0) is 74.9. The topological polar surface area (TPSA) is 531 Å². The van der Waals surface area contributed by atoms with Gasteiger partial charge in [0.05, 0.1) is 57.3 Å². The van der Waals surface area contributed by atoms with Crippen LogP contribution < -0.4 is 0 Å². The highest BCUT2D eigenvalue weighted by molar-refractivity contribution is 5.78. The molecule has 12 aliphatic rings. The first-order valence-corrected chi connectivity index (χ1v) is 36.7. The van der Waals surface area contributed by atoms with E-state index in [1.807, 2.05) is 0 Å². The molecule has 594 valence electrons. The van der Waals surface area contributed by atoms with Crippen LogP contribution in [0.25, 0.3) is 0 Å². The van der Waals surface area contributed by atoms with Crippen molar-refractivity contribution in [3.63, 3.8) is 0 Å². The lowest BCUT2D eigenvalue weighted by molar-refractivity contribution is -0.394. The molecule has 0 bridgehead atoms. The molecule has 34 nitrogen and oxygen atoms in total. The number of carbonyl (C=O) groups is 1. The van der Waals surface area contributed by atoms with Gasteiger partial charge in [0.1, 0.15) is 146 Å². The summed E-state index contributed by atoms with van der Waals surface area (Å²) >= 11 is 0. The summed E-state index contributed by atoms with van der Waals surface area (Å²) in [4.78, 5) is 15.3. The molecule has 0 spiro atoms. The second kappa shape index (κ2) is 30.7. The third-order valence-electron chi connectivity index (χ3n) is 27.2. The van der Waals surface area contributed by atoms with Crippen molar-refractivity contribution in [1.82, 2.24) is 0 Å². The zero-order valence-corrected chi connectivity index (χ0v) is 59.5. The molecule has 7 heterocycles. The third-order valence-corrected chi connectivity index (χ3v) is 27.2. The fourth-order valence-corrected chi connectivity index (χ4v) is 20.7. The summed E-state index contributed by atoms with van der Waals surface area (Å²) in [5.74, 6) is -0.510. The summed E-state index contributed by atoms with van der Waals surface area (Å²) in [6.07, 6.45) is -46.7. The normalized spacial score (nSPS) is 55.1. The van der Waals surface area contributed by atoms with Crippen molar-refractivity contribution >= 4 is 5.97 Å². The van der Waals surface area contributed by atoms with Crippen LogP contribution in [-0.2, 0) is 71.1 Å².